The van der Waals surface area contributed by atoms with Gasteiger partial charge in [-0.05, 0) is 24.3 Å². The van der Waals surface area contributed by atoms with Crippen molar-refractivity contribution in [2.45, 2.75) is 4.90 Å². The van der Waals surface area contributed by atoms with Crippen molar-refractivity contribution in [1.29, 1.82) is 0 Å². The third-order valence-corrected chi connectivity index (χ3v) is 4.34. The minimum Gasteiger partial charge on any atom is -0.497 e. The van der Waals surface area contributed by atoms with Gasteiger partial charge in [0.1, 0.15) is 10.6 Å². The molecule has 0 amide bonds. The lowest BCUT2D eigenvalue weighted by Crippen LogP contribution is -2.09. The van der Waals surface area contributed by atoms with Crippen molar-refractivity contribution in [3.63, 3.8) is 0 Å². The van der Waals surface area contributed by atoms with E-state index in [9.17, 15) is 8.42 Å². The lowest BCUT2D eigenvalue weighted by Gasteiger charge is -2.09. The third-order valence-electron chi connectivity index (χ3n) is 3.03. The molecule has 2 N–H and O–H groups in total. The van der Waals surface area contributed by atoms with Crippen LogP contribution in [-0.2, 0) is 10.0 Å². The van der Waals surface area contributed by atoms with Gasteiger partial charge in [0.2, 0.25) is 5.90 Å². The van der Waals surface area contributed by atoms with Gasteiger partial charge in [-0.1, -0.05) is 12.1 Å². The van der Waals surface area contributed by atoms with E-state index in [2.05, 4.69) is 4.40 Å². The number of sulfonamides is 1. The van der Waals surface area contributed by atoms with E-state index in [4.69, 9.17) is 15.2 Å². The molecule has 0 fully saturated rings. The molecule has 0 radical (unpaired) electrons. The number of hydrogen-bond donors (Lipinski definition) is 1. The van der Waals surface area contributed by atoms with Gasteiger partial charge in [-0.3, -0.25) is 0 Å². The normalized spacial score (nSPS) is 15.2. The minimum absolute atomic E-state index is 0.00514. The van der Waals surface area contributed by atoms with E-state index in [0.29, 0.717) is 22.7 Å². The molecule has 0 aromatic heterocycles. The fourth-order valence-corrected chi connectivity index (χ4v) is 3.12. The van der Waals surface area contributed by atoms with Crippen molar-refractivity contribution >= 4 is 21.6 Å². The first-order valence-corrected chi connectivity index (χ1v) is 7.51. The van der Waals surface area contributed by atoms with Crippen LogP contribution in [0.5, 0.6) is 11.5 Å². The molecule has 0 unspecified atom stereocenters. The van der Waals surface area contributed by atoms with Crippen molar-refractivity contribution in [3.05, 3.63) is 48.0 Å². The number of fused-ring (bicyclic) bond motifs is 1. The Morgan fingerprint density at radius 2 is 1.90 bits per heavy atom. The smallest absolute Gasteiger partial charge is 0.286 e. The summed E-state index contributed by atoms with van der Waals surface area (Å²) >= 11 is 0. The predicted octanol–water partition coefficient (Wildman–Crippen LogP) is 1.81. The van der Waals surface area contributed by atoms with Crippen LogP contribution in [0.4, 0.5) is 5.69 Å². The Labute approximate surface area is 121 Å². The van der Waals surface area contributed by atoms with Gasteiger partial charge in [-0.25, -0.2) is 0 Å². The number of anilines is 1. The highest BCUT2D eigenvalue weighted by molar-refractivity contribution is 7.90. The van der Waals surface area contributed by atoms with Crippen molar-refractivity contribution in [1.82, 2.24) is 0 Å². The molecule has 0 saturated heterocycles. The van der Waals surface area contributed by atoms with Crippen molar-refractivity contribution in [2.24, 2.45) is 4.40 Å². The molecule has 1 heterocycles. The maximum atomic E-state index is 11.9. The number of nitrogens with zero attached hydrogens (tertiary/aromatic N) is 1. The summed E-state index contributed by atoms with van der Waals surface area (Å²) in [5.74, 6) is 0.847. The second-order valence-electron chi connectivity index (χ2n) is 4.37. The van der Waals surface area contributed by atoms with Gasteiger partial charge < -0.3 is 15.2 Å². The zero-order chi connectivity index (χ0) is 15.0. The molecule has 1 aliphatic rings. The standard InChI is InChI=1S/C14H12N2O4S/c1-19-9-6-7-11(15)12(8-9)20-14-10-4-2-3-5-13(10)21(17,18)16-14/h2-8H,15H2,1H3. The lowest BCUT2D eigenvalue weighted by molar-refractivity contribution is 0.412. The summed E-state index contributed by atoms with van der Waals surface area (Å²) in [6, 6.07) is 11.3. The average molecular weight is 304 g/mol. The number of methoxy groups -OCH3 is 1. The molecule has 1 aliphatic heterocycles. The van der Waals surface area contributed by atoms with Gasteiger partial charge in [-0.2, -0.15) is 8.42 Å². The van der Waals surface area contributed by atoms with Crippen molar-refractivity contribution in [2.75, 3.05) is 12.8 Å². The highest BCUT2D eigenvalue weighted by Crippen LogP contribution is 2.31. The van der Waals surface area contributed by atoms with Crippen molar-refractivity contribution < 1.29 is 17.9 Å². The van der Waals surface area contributed by atoms with Gasteiger partial charge in [-0.15, -0.1) is 4.40 Å². The zero-order valence-corrected chi connectivity index (χ0v) is 11.9. The second-order valence-corrected chi connectivity index (χ2v) is 5.95. The van der Waals surface area contributed by atoms with Gasteiger partial charge in [0.15, 0.2) is 5.75 Å². The molecule has 0 spiro atoms. The number of benzene rings is 2. The molecule has 2 aromatic carbocycles. The maximum Gasteiger partial charge on any atom is 0.286 e. The molecule has 21 heavy (non-hydrogen) atoms. The average Bonchev–Trinajstić information content (AvgIpc) is 2.73. The highest BCUT2D eigenvalue weighted by Gasteiger charge is 2.30. The largest absolute Gasteiger partial charge is 0.497 e. The van der Waals surface area contributed by atoms with E-state index in [0.717, 1.165) is 0 Å². The SMILES string of the molecule is COc1ccc(N)c(OC2=NS(=O)(=O)c3ccccc32)c1. The van der Waals surface area contributed by atoms with Crippen LogP contribution in [-0.4, -0.2) is 21.4 Å². The Balaban J connectivity index is 2.04. The van der Waals surface area contributed by atoms with Crippen LogP contribution in [0.2, 0.25) is 0 Å². The third kappa shape index (κ3) is 2.31. The summed E-state index contributed by atoms with van der Waals surface area (Å²) in [4.78, 5) is 0.126. The Morgan fingerprint density at radius 3 is 2.67 bits per heavy atom. The number of hydrogen-bond acceptors (Lipinski definition) is 5. The van der Waals surface area contributed by atoms with E-state index in [1.165, 1.54) is 13.2 Å². The van der Waals surface area contributed by atoms with Gasteiger partial charge >= 0.3 is 0 Å². The van der Waals surface area contributed by atoms with Gasteiger partial charge in [0, 0.05) is 6.07 Å². The molecule has 6 nitrogen and oxygen atoms in total. The summed E-state index contributed by atoms with van der Waals surface area (Å²) in [7, 11) is -2.20. The molecule has 0 saturated carbocycles. The Hall–Kier alpha value is -2.54. The van der Waals surface area contributed by atoms with E-state index in [-0.39, 0.29) is 10.8 Å². The van der Waals surface area contributed by atoms with Gasteiger partial charge in [0.05, 0.1) is 18.4 Å². The Kier molecular flexibility index (Phi) is 3.06. The summed E-state index contributed by atoms with van der Waals surface area (Å²) in [5, 5.41) is 0. The van der Waals surface area contributed by atoms with Crippen LogP contribution in [0.15, 0.2) is 51.8 Å². The van der Waals surface area contributed by atoms with Crippen LogP contribution >= 0.6 is 0 Å². The molecule has 0 aliphatic carbocycles. The van der Waals surface area contributed by atoms with E-state index in [1.807, 2.05) is 0 Å². The highest BCUT2D eigenvalue weighted by atomic mass is 32.2. The Morgan fingerprint density at radius 1 is 1.14 bits per heavy atom. The van der Waals surface area contributed by atoms with Gasteiger partial charge in [0.25, 0.3) is 10.0 Å². The maximum absolute atomic E-state index is 11.9. The van der Waals surface area contributed by atoms with Crippen LogP contribution < -0.4 is 15.2 Å². The quantitative estimate of drug-likeness (QED) is 0.854. The molecular formula is C14H12N2O4S. The fraction of sp³-hybridized carbons (Fsp3) is 0.0714. The minimum atomic E-state index is -3.71. The summed E-state index contributed by atoms with van der Waals surface area (Å²) in [6.45, 7) is 0. The number of rotatable bonds is 2. The molecule has 3 rings (SSSR count). The van der Waals surface area contributed by atoms with E-state index >= 15 is 0 Å². The molecule has 108 valence electrons. The monoisotopic (exact) mass is 304 g/mol. The number of nitrogen functional groups attached to an aromatic ring is 1. The zero-order valence-electron chi connectivity index (χ0n) is 11.1. The second kappa shape index (κ2) is 4.78. The lowest BCUT2D eigenvalue weighted by atomic mass is 10.2. The first kappa shape index (κ1) is 13.4. The fourth-order valence-electron chi connectivity index (χ4n) is 1.98. The van der Waals surface area contributed by atoms with Crippen LogP contribution in [0, 0.1) is 0 Å². The number of ether oxygens (including phenoxy) is 2. The molecule has 2 aromatic rings. The Bertz CT molecular complexity index is 844. The molecule has 0 bridgehead atoms. The summed E-state index contributed by atoms with van der Waals surface area (Å²) < 4.78 is 38.2. The summed E-state index contributed by atoms with van der Waals surface area (Å²) in [5.41, 5.74) is 6.60. The molecule has 7 heteroatoms. The van der Waals surface area contributed by atoms with E-state index in [1.54, 1.807) is 36.4 Å². The number of nitrogens with two attached hydrogens (primary N) is 1. The topological polar surface area (TPSA) is 91.0 Å². The van der Waals surface area contributed by atoms with Crippen molar-refractivity contribution in [3.8, 4) is 11.5 Å². The first-order chi connectivity index (χ1) is 10.0. The molecule has 0 atom stereocenters. The molecular weight excluding hydrogens is 292 g/mol. The summed E-state index contributed by atoms with van der Waals surface area (Å²) in [6.07, 6.45) is 0. The van der Waals surface area contributed by atoms with Crippen LogP contribution in [0.1, 0.15) is 5.56 Å². The van der Waals surface area contributed by atoms with E-state index < -0.39 is 10.0 Å². The first-order valence-electron chi connectivity index (χ1n) is 6.07. The van der Waals surface area contributed by atoms with Crippen LogP contribution in [0.3, 0.4) is 0 Å². The van der Waals surface area contributed by atoms with Crippen LogP contribution in [0.25, 0.3) is 0 Å². The predicted molar refractivity (Wildman–Crippen MR) is 78.2 cm³/mol.